The van der Waals surface area contributed by atoms with E-state index in [1.54, 1.807) is 32.9 Å². The topological polar surface area (TPSA) is 180 Å². The molecule has 0 aliphatic carbocycles. The van der Waals surface area contributed by atoms with E-state index in [9.17, 15) is 34.6 Å². The van der Waals surface area contributed by atoms with E-state index in [2.05, 4.69) is 17.6 Å². The molecule has 13 heteroatoms. The van der Waals surface area contributed by atoms with Crippen LogP contribution >= 0.6 is 0 Å². The van der Waals surface area contributed by atoms with Gasteiger partial charge in [0.25, 0.3) is 17.3 Å². The maximum absolute atomic E-state index is 12.9. The second kappa shape index (κ2) is 14.0. The number of rotatable bonds is 11. The van der Waals surface area contributed by atoms with Crippen LogP contribution in [0, 0.1) is 20.2 Å². The lowest BCUT2D eigenvalue weighted by Gasteiger charge is -2.20. The van der Waals surface area contributed by atoms with Crippen molar-refractivity contribution in [3.05, 3.63) is 97.6 Å². The zero-order chi connectivity index (χ0) is 31.7. The van der Waals surface area contributed by atoms with Gasteiger partial charge in [-0.3, -0.25) is 30.3 Å². The molecule has 226 valence electrons. The molecule has 0 atom stereocenters. The molecule has 0 bridgehead atoms. The molecule has 0 radical (unpaired) electrons. The van der Waals surface area contributed by atoms with Crippen molar-refractivity contribution >= 4 is 40.7 Å². The predicted octanol–water partition coefficient (Wildman–Crippen LogP) is 7.05. The Hall–Kier alpha value is -5.33. The normalized spacial score (nSPS) is 10.9. The smallest absolute Gasteiger partial charge is 0.412 e. The fraction of sp³-hybridized carbons (Fsp3) is 0.300. The van der Waals surface area contributed by atoms with Gasteiger partial charge in [0, 0.05) is 17.8 Å². The van der Waals surface area contributed by atoms with Gasteiger partial charge in [0.15, 0.2) is 5.75 Å². The lowest BCUT2D eigenvalue weighted by Crippen LogP contribution is -2.27. The van der Waals surface area contributed by atoms with Gasteiger partial charge in [-0.25, -0.2) is 9.59 Å². The summed E-state index contributed by atoms with van der Waals surface area (Å²) in [5, 5.41) is 27.4. The molecule has 0 aromatic heterocycles. The Labute approximate surface area is 247 Å². The van der Waals surface area contributed by atoms with Crippen molar-refractivity contribution < 1.29 is 33.7 Å². The Kier molecular flexibility index (Phi) is 10.5. The fourth-order valence-electron chi connectivity index (χ4n) is 3.89. The van der Waals surface area contributed by atoms with Crippen LogP contribution in [0.15, 0.2) is 60.7 Å². The minimum Gasteiger partial charge on any atom is -0.444 e. The summed E-state index contributed by atoms with van der Waals surface area (Å²) in [6.45, 7) is 7.10. The highest BCUT2D eigenvalue weighted by Gasteiger charge is 2.22. The van der Waals surface area contributed by atoms with E-state index < -0.39 is 44.8 Å². The number of ether oxygens (including phenoxy) is 2. The highest BCUT2D eigenvalue weighted by atomic mass is 16.6. The van der Waals surface area contributed by atoms with Crippen molar-refractivity contribution in [2.24, 2.45) is 0 Å². The lowest BCUT2D eigenvalue weighted by atomic mass is 10.1. The average Bonchev–Trinajstić information content (AvgIpc) is 2.93. The van der Waals surface area contributed by atoms with Crippen molar-refractivity contribution in [3.63, 3.8) is 0 Å². The molecule has 0 aliphatic rings. The number of benzene rings is 3. The molecule has 2 amide bonds. The average molecular weight is 593 g/mol. The summed E-state index contributed by atoms with van der Waals surface area (Å²) in [6.07, 6.45) is 3.28. The van der Waals surface area contributed by atoms with Crippen molar-refractivity contribution in [2.45, 2.75) is 59.0 Å². The summed E-state index contributed by atoms with van der Waals surface area (Å²) < 4.78 is 10.9. The van der Waals surface area contributed by atoms with Crippen LogP contribution < -0.4 is 15.4 Å². The number of unbranched alkanes of at least 4 members (excludes halogenated alkanes) is 2. The van der Waals surface area contributed by atoms with E-state index in [0.717, 1.165) is 49.4 Å². The molecule has 0 heterocycles. The third-order valence-electron chi connectivity index (χ3n) is 5.92. The number of nitrogens with one attached hydrogen (secondary N) is 2. The van der Waals surface area contributed by atoms with Gasteiger partial charge in [-0.15, -0.1) is 0 Å². The van der Waals surface area contributed by atoms with Gasteiger partial charge >= 0.3 is 12.1 Å². The Morgan fingerprint density at radius 3 is 2.00 bits per heavy atom. The quantitative estimate of drug-likeness (QED) is 0.0775. The first-order valence-corrected chi connectivity index (χ1v) is 13.5. The van der Waals surface area contributed by atoms with Crippen LogP contribution in [-0.4, -0.2) is 33.4 Å². The van der Waals surface area contributed by atoms with Crippen LogP contribution in [0.1, 0.15) is 73.2 Å². The fourth-order valence-corrected chi connectivity index (χ4v) is 3.89. The van der Waals surface area contributed by atoms with Crippen LogP contribution in [0.4, 0.5) is 27.5 Å². The van der Waals surface area contributed by atoms with Crippen molar-refractivity contribution in [1.82, 2.24) is 0 Å². The zero-order valence-electron chi connectivity index (χ0n) is 24.2. The number of nitro benzene ring substituents is 2. The number of hydrogen-bond donors (Lipinski definition) is 2. The first kappa shape index (κ1) is 32.2. The predicted molar refractivity (Wildman–Crippen MR) is 159 cm³/mol. The molecule has 0 unspecified atom stereocenters. The number of nitrogens with zero attached hydrogens (tertiary/aromatic N) is 2. The summed E-state index contributed by atoms with van der Waals surface area (Å²) in [4.78, 5) is 59.1. The van der Waals surface area contributed by atoms with Gasteiger partial charge in [0.05, 0.1) is 32.7 Å². The number of non-ortho nitro benzene ring substituents is 2. The summed E-state index contributed by atoms with van der Waals surface area (Å²) in [5.41, 5.74) is -1.02. The molecular formula is C30H32N4O9. The number of nitro groups is 2. The first-order chi connectivity index (χ1) is 20.3. The van der Waals surface area contributed by atoms with Gasteiger partial charge in [0.2, 0.25) is 0 Å². The Morgan fingerprint density at radius 2 is 1.44 bits per heavy atom. The van der Waals surface area contributed by atoms with Gasteiger partial charge in [-0.1, -0.05) is 31.9 Å². The number of amides is 2. The minimum absolute atomic E-state index is 0.0263. The van der Waals surface area contributed by atoms with E-state index in [0.29, 0.717) is 0 Å². The van der Waals surface area contributed by atoms with Gasteiger partial charge in [-0.2, -0.15) is 0 Å². The van der Waals surface area contributed by atoms with Crippen molar-refractivity contribution in [2.75, 3.05) is 10.6 Å². The van der Waals surface area contributed by atoms with Crippen LogP contribution in [0.3, 0.4) is 0 Å². The molecule has 3 aromatic carbocycles. The Morgan fingerprint density at radius 1 is 0.814 bits per heavy atom. The standard InChI is InChI=1S/C30H32N4O9/c1-5-6-7-8-19-9-11-20(12-10-19)28(36)42-26-14-13-22(17-25(26)32-29(37)43-30(2,3)4)31-27(35)21-15-23(33(38)39)18-24(16-21)34(40)41/h9-18H,5-8H2,1-4H3,(H,31,35)(H,32,37). The number of anilines is 2. The molecule has 0 aliphatic heterocycles. The summed E-state index contributed by atoms with van der Waals surface area (Å²) in [5.74, 6) is -1.63. The van der Waals surface area contributed by atoms with E-state index in [4.69, 9.17) is 9.47 Å². The van der Waals surface area contributed by atoms with Crippen LogP contribution in [0.2, 0.25) is 0 Å². The maximum atomic E-state index is 12.9. The highest BCUT2D eigenvalue weighted by molar-refractivity contribution is 6.05. The van der Waals surface area contributed by atoms with Crippen LogP contribution in [-0.2, 0) is 11.2 Å². The van der Waals surface area contributed by atoms with Crippen LogP contribution in [0.5, 0.6) is 5.75 Å². The summed E-state index contributed by atoms with van der Waals surface area (Å²) >= 11 is 0. The van der Waals surface area contributed by atoms with Gasteiger partial charge in [-0.05, 0) is 69.5 Å². The van der Waals surface area contributed by atoms with Crippen molar-refractivity contribution in [3.8, 4) is 5.75 Å². The molecule has 43 heavy (non-hydrogen) atoms. The van der Waals surface area contributed by atoms with E-state index in [1.165, 1.54) is 18.2 Å². The molecule has 13 nitrogen and oxygen atoms in total. The monoisotopic (exact) mass is 592 g/mol. The number of esters is 1. The molecular weight excluding hydrogens is 560 g/mol. The van der Waals surface area contributed by atoms with Gasteiger partial charge in [0.1, 0.15) is 5.60 Å². The summed E-state index contributed by atoms with van der Waals surface area (Å²) in [7, 11) is 0. The lowest BCUT2D eigenvalue weighted by molar-refractivity contribution is -0.394. The molecule has 0 fully saturated rings. The van der Waals surface area contributed by atoms with Gasteiger partial charge < -0.3 is 14.8 Å². The van der Waals surface area contributed by atoms with Crippen LogP contribution in [0.25, 0.3) is 0 Å². The van der Waals surface area contributed by atoms with E-state index >= 15 is 0 Å². The van der Waals surface area contributed by atoms with Crippen molar-refractivity contribution in [1.29, 1.82) is 0 Å². The first-order valence-electron chi connectivity index (χ1n) is 13.5. The Bertz CT molecular complexity index is 1500. The highest BCUT2D eigenvalue weighted by Crippen LogP contribution is 2.31. The Balaban J connectivity index is 1.87. The molecule has 0 saturated heterocycles. The zero-order valence-corrected chi connectivity index (χ0v) is 24.2. The van der Waals surface area contributed by atoms with E-state index in [-0.39, 0.29) is 28.3 Å². The largest absolute Gasteiger partial charge is 0.444 e. The number of hydrogen-bond acceptors (Lipinski definition) is 9. The third kappa shape index (κ3) is 9.63. The molecule has 3 aromatic rings. The van der Waals surface area contributed by atoms with E-state index in [1.807, 2.05) is 12.1 Å². The second-order valence-corrected chi connectivity index (χ2v) is 10.6. The number of aryl methyl sites for hydroxylation is 1. The SMILES string of the molecule is CCCCCc1ccc(C(=O)Oc2ccc(NC(=O)c3cc([N+](=O)[O-])cc([N+](=O)[O-])c3)cc2NC(=O)OC(C)(C)C)cc1. The maximum Gasteiger partial charge on any atom is 0.412 e. The third-order valence-corrected chi connectivity index (χ3v) is 5.92. The number of carbonyl (C=O) groups excluding carboxylic acids is 3. The second-order valence-electron chi connectivity index (χ2n) is 10.6. The minimum atomic E-state index is -0.890. The molecule has 0 spiro atoms. The summed E-state index contributed by atoms with van der Waals surface area (Å²) in [6, 6.07) is 13.5. The number of carbonyl (C=O) groups is 3. The molecule has 0 saturated carbocycles. The molecule has 3 rings (SSSR count). The molecule has 2 N–H and O–H groups in total.